The van der Waals surface area contributed by atoms with E-state index < -0.39 is 5.82 Å². The predicted molar refractivity (Wildman–Crippen MR) is 155 cm³/mol. The van der Waals surface area contributed by atoms with E-state index in [1.807, 2.05) is 0 Å². The molecule has 42 heavy (non-hydrogen) atoms. The van der Waals surface area contributed by atoms with Crippen LogP contribution < -0.4 is 10.6 Å². The quantitative estimate of drug-likeness (QED) is 0.304. The Balaban J connectivity index is 0.909. The number of fused-ring (bicyclic) bond motifs is 5. The van der Waals surface area contributed by atoms with Crippen LogP contribution in [0.2, 0.25) is 0 Å². The van der Waals surface area contributed by atoms with Crippen LogP contribution in [0.4, 0.5) is 4.39 Å². The van der Waals surface area contributed by atoms with Gasteiger partial charge in [0.15, 0.2) is 0 Å². The molecule has 2 spiro atoms. The number of rotatable bonds is 7. The number of likely N-dealkylation sites (tertiary alicyclic amines) is 1. The first-order chi connectivity index (χ1) is 20.3. The molecule has 9 nitrogen and oxygen atoms in total. The van der Waals surface area contributed by atoms with E-state index in [0.29, 0.717) is 72.0 Å². The van der Waals surface area contributed by atoms with E-state index in [9.17, 15) is 4.79 Å². The molecule has 4 fully saturated rings. The maximum absolute atomic E-state index is 15.0. The molecule has 224 valence electrons. The fourth-order valence-electron chi connectivity index (χ4n) is 8.21. The van der Waals surface area contributed by atoms with Gasteiger partial charge < -0.3 is 19.4 Å². The Morgan fingerprint density at radius 3 is 2.74 bits per heavy atom. The van der Waals surface area contributed by atoms with Crippen LogP contribution in [0.5, 0.6) is 5.75 Å². The highest BCUT2D eigenvalue weighted by Gasteiger charge is 2.92. The third-order valence-corrected chi connectivity index (χ3v) is 11.1. The van der Waals surface area contributed by atoms with Crippen LogP contribution in [-0.2, 0) is 29.0 Å². The number of amidine groups is 1. The molecule has 1 aromatic carbocycles. The lowest BCUT2D eigenvalue weighted by Gasteiger charge is -2.28. The number of nitrogens with two attached hydrogens (primary N) is 1. The van der Waals surface area contributed by atoms with Crippen molar-refractivity contribution in [2.24, 2.45) is 45.4 Å². The number of carbonyl (C=O) groups is 1. The fourth-order valence-corrected chi connectivity index (χ4v) is 8.21. The maximum Gasteiger partial charge on any atom is 0.307 e. The van der Waals surface area contributed by atoms with Gasteiger partial charge in [0.1, 0.15) is 11.6 Å². The summed E-state index contributed by atoms with van der Waals surface area (Å²) in [4.78, 5) is 35.5. The van der Waals surface area contributed by atoms with Gasteiger partial charge in [-0.3, -0.25) is 14.8 Å². The van der Waals surface area contributed by atoms with Crippen molar-refractivity contribution in [1.29, 1.82) is 0 Å². The summed E-state index contributed by atoms with van der Waals surface area (Å²) >= 11 is 0. The highest BCUT2D eigenvalue weighted by atomic mass is 19.1. The van der Waals surface area contributed by atoms with Crippen LogP contribution in [-0.4, -0.2) is 64.0 Å². The van der Waals surface area contributed by atoms with E-state index in [4.69, 9.17) is 20.5 Å². The topological polar surface area (TPSA) is 106 Å². The smallest absolute Gasteiger partial charge is 0.307 e. The molecule has 2 aromatic rings. The lowest BCUT2D eigenvalue weighted by atomic mass is 10.1. The van der Waals surface area contributed by atoms with Crippen molar-refractivity contribution < 1.29 is 18.8 Å². The third-order valence-electron chi connectivity index (χ3n) is 11.1. The number of amides is 1. The first kappa shape index (κ1) is 27.6. The van der Waals surface area contributed by atoms with Crippen LogP contribution in [0.25, 0.3) is 0 Å². The highest BCUT2D eigenvalue weighted by Crippen LogP contribution is 2.96. The Hall–Kier alpha value is -3.27. The number of nitrogens with zero attached hydrogens (tertiary/aromatic N) is 5. The molecule has 6 atom stereocenters. The number of piperidine rings is 1. The van der Waals surface area contributed by atoms with Gasteiger partial charge in [-0.25, -0.2) is 9.38 Å². The predicted octanol–water partition coefficient (Wildman–Crippen LogP) is 3.76. The van der Waals surface area contributed by atoms with E-state index in [1.54, 1.807) is 29.4 Å². The Morgan fingerprint density at radius 2 is 1.98 bits per heavy atom. The number of carbonyl (C=O) groups excluding carboxylic acids is 1. The van der Waals surface area contributed by atoms with Gasteiger partial charge in [-0.2, -0.15) is 5.90 Å². The first-order valence-electron chi connectivity index (χ1n) is 15.4. The summed E-state index contributed by atoms with van der Waals surface area (Å²) < 4.78 is 21.1. The van der Waals surface area contributed by atoms with Gasteiger partial charge in [0.25, 0.3) is 0 Å². The second kappa shape index (κ2) is 10.2. The summed E-state index contributed by atoms with van der Waals surface area (Å²) in [6.45, 7) is 9.92. The minimum atomic E-state index is -0.397. The SMILES string of the molecule is CC(C)C(C)N=C(ON)N1CCC2[C@@H](C1)[C@]21C[C@@]12C[C@@H]2COc1ccc(CC(=O)N2CCc3nccnc3C2)c(F)c1. The average molecular weight is 577 g/mol. The minimum Gasteiger partial charge on any atom is -0.493 e. The Bertz CT molecular complexity index is 1420. The van der Waals surface area contributed by atoms with Crippen molar-refractivity contribution in [3.63, 3.8) is 0 Å². The minimum absolute atomic E-state index is 0.0216. The van der Waals surface area contributed by atoms with Crippen LogP contribution in [0.3, 0.4) is 0 Å². The number of hydrogen-bond donors (Lipinski definition) is 1. The van der Waals surface area contributed by atoms with Gasteiger partial charge in [0.2, 0.25) is 5.91 Å². The number of benzene rings is 1. The lowest BCUT2D eigenvalue weighted by Crippen LogP contribution is -2.40. The molecular formula is C32H41FN6O3. The molecule has 2 N–H and O–H groups in total. The average Bonchev–Trinajstić information content (AvgIpc) is 3.95. The Labute approximate surface area is 246 Å². The van der Waals surface area contributed by atoms with Gasteiger partial charge in [-0.05, 0) is 72.3 Å². The molecule has 0 radical (unpaired) electrons. The summed E-state index contributed by atoms with van der Waals surface area (Å²) in [5, 5.41) is 0. The molecule has 10 heteroatoms. The highest BCUT2D eigenvalue weighted by molar-refractivity contribution is 5.79. The van der Waals surface area contributed by atoms with E-state index >= 15 is 4.39 Å². The van der Waals surface area contributed by atoms with Gasteiger partial charge in [-0.1, -0.05) is 19.9 Å². The van der Waals surface area contributed by atoms with Crippen molar-refractivity contribution >= 4 is 11.9 Å². The molecule has 1 saturated heterocycles. The van der Waals surface area contributed by atoms with Gasteiger partial charge in [-0.15, -0.1) is 0 Å². The molecule has 0 bridgehead atoms. The molecule has 3 aliphatic carbocycles. The summed E-state index contributed by atoms with van der Waals surface area (Å²) in [6, 6.07) is 5.64. The second-order valence-electron chi connectivity index (χ2n) is 13.5. The van der Waals surface area contributed by atoms with Crippen molar-refractivity contribution in [3.8, 4) is 5.75 Å². The van der Waals surface area contributed by atoms with Gasteiger partial charge in [0.05, 0.1) is 37.0 Å². The number of ether oxygens (including phenoxy) is 1. The van der Waals surface area contributed by atoms with Crippen molar-refractivity contribution in [3.05, 3.63) is 53.4 Å². The normalized spacial score (nSPS) is 31.6. The molecule has 2 unspecified atom stereocenters. The zero-order chi connectivity index (χ0) is 29.2. The van der Waals surface area contributed by atoms with E-state index in [2.05, 4.69) is 35.6 Å². The van der Waals surface area contributed by atoms with Crippen LogP contribution in [0, 0.1) is 40.3 Å². The Morgan fingerprint density at radius 1 is 1.17 bits per heavy atom. The zero-order valence-corrected chi connectivity index (χ0v) is 24.8. The maximum atomic E-state index is 15.0. The molecule has 1 aromatic heterocycles. The number of halogens is 1. The van der Waals surface area contributed by atoms with E-state index in [-0.39, 0.29) is 18.4 Å². The van der Waals surface area contributed by atoms with E-state index in [0.717, 1.165) is 36.8 Å². The molecular weight excluding hydrogens is 535 g/mol. The number of aromatic nitrogens is 2. The molecule has 1 amide bonds. The Kier molecular flexibility index (Phi) is 6.68. The van der Waals surface area contributed by atoms with Crippen molar-refractivity contribution in [1.82, 2.24) is 19.8 Å². The fraction of sp³-hybridized carbons (Fsp3) is 0.625. The van der Waals surface area contributed by atoms with Crippen LogP contribution >= 0.6 is 0 Å². The van der Waals surface area contributed by atoms with Crippen molar-refractivity contribution in [2.75, 3.05) is 26.2 Å². The van der Waals surface area contributed by atoms with E-state index in [1.165, 1.54) is 18.9 Å². The lowest BCUT2D eigenvalue weighted by molar-refractivity contribution is -0.131. The van der Waals surface area contributed by atoms with Gasteiger partial charge in [0, 0.05) is 44.5 Å². The summed E-state index contributed by atoms with van der Waals surface area (Å²) in [5.41, 5.74) is 2.98. The summed E-state index contributed by atoms with van der Waals surface area (Å²) in [5.74, 6) is 8.05. The third kappa shape index (κ3) is 4.53. The molecule has 2 aliphatic heterocycles. The number of hydrogen-bond acceptors (Lipinski definition) is 7. The number of aliphatic imine (C=N–C) groups is 1. The molecule has 3 heterocycles. The summed E-state index contributed by atoms with van der Waals surface area (Å²) in [6.07, 6.45) is 7.63. The standard InChI is InChI=1S/C32H41FN6O3/c1-19(2)20(3)37-30(42-34)39-10-6-24-25(15-39)32(24)18-31(32)14-22(31)17-41-23-5-4-21(26(33)13-23)12-29(40)38-11-7-27-28(16-38)36-9-8-35-27/h4-5,8-9,13,19-20,22,24-25H,6-7,10-12,14-18,34H2,1-3H3/t20?,22-,24?,25-,31-,32+/m1/s1. The monoisotopic (exact) mass is 576 g/mol. The van der Waals surface area contributed by atoms with Gasteiger partial charge >= 0.3 is 6.02 Å². The summed E-state index contributed by atoms with van der Waals surface area (Å²) in [7, 11) is 0. The largest absolute Gasteiger partial charge is 0.493 e. The molecule has 3 saturated carbocycles. The molecule has 7 rings (SSSR count). The van der Waals surface area contributed by atoms with Crippen molar-refractivity contribution in [2.45, 2.75) is 65.5 Å². The second-order valence-corrected chi connectivity index (χ2v) is 13.5. The first-order valence-corrected chi connectivity index (χ1v) is 15.4. The van der Waals surface area contributed by atoms with Crippen LogP contribution in [0.15, 0.2) is 35.6 Å². The molecule has 5 aliphatic rings. The van der Waals surface area contributed by atoms with Crippen LogP contribution in [0.1, 0.15) is 57.0 Å². The zero-order valence-electron chi connectivity index (χ0n) is 24.8.